The first-order valence-electron chi connectivity index (χ1n) is 8.02. The molecule has 1 aromatic carbocycles. The van der Waals surface area contributed by atoms with Crippen molar-refractivity contribution < 1.29 is 14.7 Å². The highest BCUT2D eigenvalue weighted by Gasteiger charge is 2.48. The Morgan fingerprint density at radius 1 is 1.17 bits per heavy atom. The summed E-state index contributed by atoms with van der Waals surface area (Å²) >= 11 is 1.41. The monoisotopic (exact) mass is 341 g/mol. The number of aryl methyl sites for hydroxylation is 2. The minimum atomic E-state index is -1.14. The van der Waals surface area contributed by atoms with Crippen molar-refractivity contribution in [2.24, 2.45) is 23.7 Å². The Kier molecular flexibility index (Phi) is 3.46. The normalized spacial score (nSPS) is 27.8. The van der Waals surface area contributed by atoms with E-state index in [-0.39, 0.29) is 17.7 Å². The van der Waals surface area contributed by atoms with E-state index in [9.17, 15) is 14.7 Å². The molecule has 1 amide bonds. The van der Waals surface area contributed by atoms with Crippen LogP contribution in [0.4, 0.5) is 5.13 Å². The first-order chi connectivity index (χ1) is 11.4. The second kappa shape index (κ2) is 5.41. The van der Waals surface area contributed by atoms with E-state index in [1.54, 1.807) is 0 Å². The minimum absolute atomic E-state index is 0.0169. The summed E-state index contributed by atoms with van der Waals surface area (Å²) in [6.07, 6.45) is 4.58. The number of nitrogens with one attached hydrogen (secondary N) is 1. The molecule has 0 unspecified atom stereocenters. The van der Waals surface area contributed by atoms with Gasteiger partial charge in [-0.1, -0.05) is 23.5 Å². The third-order valence-electron chi connectivity index (χ3n) is 5.27. The van der Waals surface area contributed by atoms with Gasteiger partial charge in [0.05, 0.1) is 16.1 Å². The van der Waals surface area contributed by atoms with E-state index in [4.69, 9.17) is 0 Å². The van der Waals surface area contributed by atoms with Gasteiger partial charge in [0, 0.05) is 11.9 Å². The molecule has 5 nitrogen and oxygen atoms in total. The van der Waals surface area contributed by atoms with Crippen molar-refractivity contribution in [1.82, 2.24) is 4.98 Å². The van der Waals surface area contributed by atoms with E-state index >= 15 is 0 Å². The molecule has 6 heteroatoms. The summed E-state index contributed by atoms with van der Waals surface area (Å²) in [5.74, 6) is -2.82. The molecule has 1 fully saturated rings. The molecule has 2 aromatic rings. The number of nitrogens with zero attached hydrogens (tertiary/aromatic N) is 1. The SMILES string of the molecule is Cc1cc2nc(NC(=O)[C@H]3[C@@H](C(=O)[O-])[C@H]4C=C[C@@H]3C4)sc2cc1C. The van der Waals surface area contributed by atoms with Gasteiger partial charge in [0.2, 0.25) is 5.91 Å². The van der Waals surface area contributed by atoms with Crippen molar-refractivity contribution >= 4 is 38.6 Å². The highest BCUT2D eigenvalue weighted by molar-refractivity contribution is 7.22. The predicted octanol–water partition coefficient (Wildman–Crippen LogP) is 2.04. The van der Waals surface area contributed by atoms with E-state index in [1.165, 1.54) is 16.9 Å². The highest BCUT2D eigenvalue weighted by atomic mass is 32.1. The molecule has 124 valence electrons. The average molecular weight is 341 g/mol. The molecule has 1 saturated carbocycles. The van der Waals surface area contributed by atoms with Gasteiger partial charge in [-0.05, 0) is 55.4 Å². The second-order valence-electron chi connectivity index (χ2n) is 6.73. The average Bonchev–Trinajstić information content (AvgIpc) is 3.20. The Morgan fingerprint density at radius 3 is 2.54 bits per heavy atom. The van der Waals surface area contributed by atoms with Gasteiger partial charge in [-0.2, -0.15) is 0 Å². The lowest BCUT2D eigenvalue weighted by molar-refractivity contribution is -0.313. The number of hydrogen-bond acceptors (Lipinski definition) is 5. The largest absolute Gasteiger partial charge is 0.550 e. The number of benzene rings is 1. The third kappa shape index (κ3) is 2.33. The summed E-state index contributed by atoms with van der Waals surface area (Å²) in [6, 6.07) is 4.06. The lowest BCUT2D eigenvalue weighted by Crippen LogP contribution is -2.42. The van der Waals surface area contributed by atoms with Crippen molar-refractivity contribution in [2.45, 2.75) is 20.3 Å². The van der Waals surface area contributed by atoms with E-state index < -0.39 is 17.8 Å². The van der Waals surface area contributed by atoms with E-state index in [0.29, 0.717) is 5.13 Å². The van der Waals surface area contributed by atoms with Crippen LogP contribution < -0.4 is 10.4 Å². The summed E-state index contributed by atoms with van der Waals surface area (Å²) < 4.78 is 1.01. The number of aromatic nitrogens is 1. The maximum atomic E-state index is 12.7. The van der Waals surface area contributed by atoms with Crippen LogP contribution in [0, 0.1) is 37.5 Å². The smallest absolute Gasteiger partial charge is 0.230 e. The maximum absolute atomic E-state index is 12.7. The molecule has 24 heavy (non-hydrogen) atoms. The highest BCUT2D eigenvalue weighted by Crippen LogP contribution is 2.48. The lowest BCUT2D eigenvalue weighted by Gasteiger charge is -2.27. The number of carboxylic acids is 1. The van der Waals surface area contributed by atoms with E-state index in [2.05, 4.69) is 16.4 Å². The Hall–Kier alpha value is -2.21. The molecule has 2 aliphatic carbocycles. The fourth-order valence-electron chi connectivity index (χ4n) is 3.92. The predicted molar refractivity (Wildman–Crippen MR) is 90.4 cm³/mol. The number of hydrogen-bond donors (Lipinski definition) is 1. The van der Waals surface area contributed by atoms with Gasteiger partial charge in [0.15, 0.2) is 5.13 Å². The molecule has 1 aromatic heterocycles. The van der Waals surface area contributed by atoms with E-state index in [0.717, 1.165) is 22.2 Å². The summed E-state index contributed by atoms with van der Waals surface area (Å²) in [7, 11) is 0. The van der Waals surface area contributed by atoms with Crippen LogP contribution in [0.2, 0.25) is 0 Å². The quantitative estimate of drug-likeness (QED) is 0.866. The van der Waals surface area contributed by atoms with Crippen LogP contribution in [0.25, 0.3) is 10.2 Å². The number of anilines is 1. The van der Waals surface area contributed by atoms with Crippen LogP contribution in [0.1, 0.15) is 17.5 Å². The van der Waals surface area contributed by atoms with Crippen molar-refractivity contribution in [3.05, 3.63) is 35.4 Å². The standard InChI is InChI=1S/C18H18N2O3S/c1-8-5-12-13(6-9(8)2)24-18(19-12)20-16(21)14-10-3-4-11(7-10)15(14)17(22)23/h3-6,10-11,14-15H,7H2,1-2H3,(H,22,23)(H,19,20,21)/p-1/t10-,11+,14-,15+/m1/s1. The number of thiazole rings is 1. The fourth-order valence-corrected chi connectivity index (χ4v) is 4.87. The zero-order chi connectivity index (χ0) is 17.0. The van der Waals surface area contributed by atoms with Crippen LogP contribution in [0.15, 0.2) is 24.3 Å². The molecule has 4 atom stereocenters. The maximum Gasteiger partial charge on any atom is 0.230 e. The van der Waals surface area contributed by atoms with Gasteiger partial charge in [-0.15, -0.1) is 0 Å². The Labute approximate surface area is 143 Å². The van der Waals surface area contributed by atoms with Crippen molar-refractivity contribution in [3.63, 3.8) is 0 Å². The van der Waals surface area contributed by atoms with Gasteiger partial charge in [0.1, 0.15) is 0 Å². The first-order valence-corrected chi connectivity index (χ1v) is 8.83. The van der Waals surface area contributed by atoms with Crippen LogP contribution in [-0.4, -0.2) is 16.9 Å². The van der Waals surface area contributed by atoms with Crippen LogP contribution in [-0.2, 0) is 9.59 Å². The Bertz CT molecular complexity index is 847. The lowest BCUT2D eigenvalue weighted by atomic mass is 9.82. The van der Waals surface area contributed by atoms with Crippen molar-refractivity contribution in [2.75, 3.05) is 5.32 Å². The summed E-state index contributed by atoms with van der Waals surface area (Å²) in [5.41, 5.74) is 3.18. The first kappa shape index (κ1) is 15.3. The molecule has 2 aliphatic rings. The zero-order valence-electron chi connectivity index (χ0n) is 13.4. The Balaban J connectivity index is 1.60. The van der Waals surface area contributed by atoms with Gasteiger partial charge < -0.3 is 15.2 Å². The van der Waals surface area contributed by atoms with Gasteiger partial charge in [-0.3, -0.25) is 4.79 Å². The van der Waals surface area contributed by atoms with Gasteiger partial charge in [0.25, 0.3) is 0 Å². The topological polar surface area (TPSA) is 82.1 Å². The number of carbonyl (C=O) groups excluding carboxylic acids is 2. The molecule has 1 N–H and O–H groups in total. The molecular weight excluding hydrogens is 324 g/mol. The van der Waals surface area contributed by atoms with Crippen LogP contribution >= 0.6 is 11.3 Å². The minimum Gasteiger partial charge on any atom is -0.550 e. The molecule has 0 spiro atoms. The van der Waals surface area contributed by atoms with Gasteiger partial charge in [-0.25, -0.2) is 4.98 Å². The van der Waals surface area contributed by atoms with E-state index in [1.807, 2.05) is 32.1 Å². The number of fused-ring (bicyclic) bond motifs is 3. The molecule has 4 rings (SSSR count). The van der Waals surface area contributed by atoms with Crippen LogP contribution in [0.5, 0.6) is 0 Å². The number of carboxylic acid groups (broad SMARTS) is 1. The summed E-state index contributed by atoms with van der Waals surface area (Å²) in [4.78, 5) is 28.6. The summed E-state index contributed by atoms with van der Waals surface area (Å²) in [6.45, 7) is 4.07. The summed E-state index contributed by atoms with van der Waals surface area (Å²) in [5, 5.41) is 14.8. The Morgan fingerprint density at radius 2 is 1.83 bits per heavy atom. The second-order valence-corrected chi connectivity index (χ2v) is 7.76. The zero-order valence-corrected chi connectivity index (χ0v) is 14.2. The molecule has 0 radical (unpaired) electrons. The van der Waals surface area contributed by atoms with Crippen molar-refractivity contribution in [1.29, 1.82) is 0 Å². The number of rotatable bonds is 3. The van der Waals surface area contributed by atoms with Gasteiger partial charge >= 0.3 is 0 Å². The van der Waals surface area contributed by atoms with Crippen molar-refractivity contribution in [3.8, 4) is 0 Å². The number of carbonyl (C=O) groups is 2. The third-order valence-corrected chi connectivity index (χ3v) is 6.20. The fraction of sp³-hybridized carbons (Fsp3) is 0.389. The number of amides is 1. The molecule has 0 saturated heterocycles. The molecule has 2 bridgehead atoms. The van der Waals surface area contributed by atoms with Crippen LogP contribution in [0.3, 0.4) is 0 Å². The number of aliphatic carboxylic acids is 1. The molecule has 1 heterocycles. The number of allylic oxidation sites excluding steroid dienone is 2. The molecule has 0 aliphatic heterocycles. The molecular formula is C18H17N2O3S-.